The third kappa shape index (κ3) is 9.29. The van der Waals surface area contributed by atoms with Gasteiger partial charge in [0.25, 0.3) is 0 Å². The van der Waals surface area contributed by atoms with E-state index in [4.69, 9.17) is 9.26 Å². The number of alkyl carbamates (subject to hydrolysis) is 1. The summed E-state index contributed by atoms with van der Waals surface area (Å²) < 4.78 is 10.5. The van der Waals surface area contributed by atoms with Crippen molar-refractivity contribution in [3.05, 3.63) is 17.5 Å². The van der Waals surface area contributed by atoms with Crippen molar-refractivity contribution >= 4 is 12.1 Å². The van der Waals surface area contributed by atoms with E-state index in [1.807, 2.05) is 33.8 Å². The molecule has 0 unspecified atom stereocenters. The van der Waals surface area contributed by atoms with Crippen LogP contribution < -0.4 is 16.0 Å². The first-order chi connectivity index (χ1) is 12.2. The first-order valence-electron chi connectivity index (χ1n) is 9.15. The van der Waals surface area contributed by atoms with Crippen LogP contribution in [0.5, 0.6) is 0 Å². The minimum Gasteiger partial charge on any atom is -0.444 e. The van der Waals surface area contributed by atoms with E-state index in [-0.39, 0.29) is 0 Å². The van der Waals surface area contributed by atoms with E-state index in [0.717, 1.165) is 24.4 Å². The molecule has 0 saturated heterocycles. The smallest absolute Gasteiger partial charge is 0.407 e. The van der Waals surface area contributed by atoms with Gasteiger partial charge >= 0.3 is 6.09 Å². The summed E-state index contributed by atoms with van der Waals surface area (Å²) in [5, 5.41) is 13.2. The van der Waals surface area contributed by atoms with Gasteiger partial charge in [0.05, 0.1) is 5.69 Å². The predicted molar refractivity (Wildman–Crippen MR) is 102 cm³/mol. The number of nitrogens with zero attached hydrogens (tertiary/aromatic N) is 2. The maximum Gasteiger partial charge on any atom is 0.407 e. The Morgan fingerprint density at radius 1 is 1.27 bits per heavy atom. The fraction of sp³-hybridized carbons (Fsp3) is 0.722. The van der Waals surface area contributed by atoms with Crippen LogP contribution in [0.15, 0.2) is 15.6 Å². The second-order valence-electron chi connectivity index (χ2n) is 7.28. The minimum absolute atomic E-state index is 0.334. The average molecular weight is 367 g/mol. The van der Waals surface area contributed by atoms with Gasteiger partial charge < -0.3 is 25.2 Å². The summed E-state index contributed by atoms with van der Waals surface area (Å²) in [4.78, 5) is 16.0. The predicted octanol–water partition coefficient (Wildman–Crippen LogP) is 2.77. The molecule has 148 valence electrons. The number of hydrogen-bond donors (Lipinski definition) is 3. The van der Waals surface area contributed by atoms with Crippen LogP contribution in [0, 0.1) is 0 Å². The number of hydrogen-bond acceptors (Lipinski definition) is 5. The fourth-order valence-electron chi connectivity index (χ4n) is 1.97. The zero-order valence-corrected chi connectivity index (χ0v) is 16.8. The quantitative estimate of drug-likeness (QED) is 0.371. The van der Waals surface area contributed by atoms with Crippen molar-refractivity contribution in [2.24, 2.45) is 4.99 Å². The molecule has 1 aromatic rings. The molecular formula is C18H33N5O3. The van der Waals surface area contributed by atoms with Gasteiger partial charge in [0, 0.05) is 25.7 Å². The minimum atomic E-state index is -0.483. The Labute approximate surface area is 156 Å². The molecule has 1 heterocycles. The third-order valence-electron chi connectivity index (χ3n) is 3.22. The molecule has 0 bridgehead atoms. The molecule has 1 aromatic heterocycles. The normalized spacial score (nSPS) is 12.2. The van der Waals surface area contributed by atoms with Crippen LogP contribution in [0.1, 0.15) is 65.3 Å². The number of aliphatic imine (C=N–C) groups is 1. The highest BCUT2D eigenvalue weighted by Crippen LogP contribution is 2.14. The topological polar surface area (TPSA) is 101 Å². The van der Waals surface area contributed by atoms with Gasteiger partial charge in [-0.3, -0.25) is 0 Å². The van der Waals surface area contributed by atoms with Crippen molar-refractivity contribution in [2.75, 3.05) is 19.6 Å². The molecule has 0 aliphatic heterocycles. The number of carbonyl (C=O) groups is 1. The van der Waals surface area contributed by atoms with Gasteiger partial charge in [0.1, 0.15) is 12.1 Å². The zero-order valence-electron chi connectivity index (χ0n) is 16.8. The molecule has 0 atom stereocenters. The van der Waals surface area contributed by atoms with Crippen LogP contribution in [0.3, 0.4) is 0 Å². The summed E-state index contributed by atoms with van der Waals surface area (Å²) in [6.45, 7) is 14.1. The second kappa shape index (κ2) is 10.7. The van der Waals surface area contributed by atoms with Gasteiger partial charge in [-0.1, -0.05) is 19.0 Å². The van der Waals surface area contributed by atoms with Gasteiger partial charge in [0.15, 0.2) is 11.7 Å². The Morgan fingerprint density at radius 3 is 2.54 bits per heavy atom. The number of nitrogens with one attached hydrogen (secondary N) is 3. The van der Waals surface area contributed by atoms with Crippen LogP contribution >= 0.6 is 0 Å². The lowest BCUT2D eigenvalue weighted by Gasteiger charge is -2.19. The SMILES string of the molecule is CCNC(=NCc1cc(C(C)C)no1)NCCCNC(=O)OC(C)(C)C. The fourth-order valence-corrected chi connectivity index (χ4v) is 1.97. The van der Waals surface area contributed by atoms with Crippen molar-refractivity contribution < 1.29 is 14.1 Å². The molecule has 0 radical (unpaired) electrons. The molecule has 0 saturated carbocycles. The van der Waals surface area contributed by atoms with Crippen LogP contribution in [-0.2, 0) is 11.3 Å². The molecule has 0 spiro atoms. The number of amides is 1. The highest BCUT2D eigenvalue weighted by atomic mass is 16.6. The van der Waals surface area contributed by atoms with Crippen molar-refractivity contribution in [1.82, 2.24) is 21.1 Å². The van der Waals surface area contributed by atoms with E-state index >= 15 is 0 Å². The van der Waals surface area contributed by atoms with Crippen molar-refractivity contribution in [1.29, 1.82) is 0 Å². The largest absolute Gasteiger partial charge is 0.444 e. The van der Waals surface area contributed by atoms with E-state index < -0.39 is 11.7 Å². The van der Waals surface area contributed by atoms with Gasteiger partial charge in [-0.05, 0) is 40.0 Å². The summed E-state index contributed by atoms with van der Waals surface area (Å²) in [6, 6.07) is 1.93. The highest BCUT2D eigenvalue weighted by molar-refractivity contribution is 5.79. The van der Waals surface area contributed by atoms with Crippen molar-refractivity contribution in [3.63, 3.8) is 0 Å². The highest BCUT2D eigenvalue weighted by Gasteiger charge is 2.15. The van der Waals surface area contributed by atoms with Crippen LogP contribution in [0.25, 0.3) is 0 Å². The number of rotatable bonds is 8. The number of guanidine groups is 1. The molecule has 0 aliphatic carbocycles. The van der Waals surface area contributed by atoms with E-state index in [1.54, 1.807) is 0 Å². The Morgan fingerprint density at radius 2 is 1.96 bits per heavy atom. The van der Waals surface area contributed by atoms with Crippen LogP contribution in [-0.4, -0.2) is 42.4 Å². The van der Waals surface area contributed by atoms with Gasteiger partial charge in [0.2, 0.25) is 0 Å². The molecule has 8 nitrogen and oxygen atoms in total. The summed E-state index contributed by atoms with van der Waals surface area (Å²) in [5.41, 5.74) is 0.449. The lowest BCUT2D eigenvalue weighted by atomic mass is 10.1. The Bertz CT molecular complexity index is 576. The standard InChI is InChI=1S/C18H33N5O3/c1-7-19-16(22-12-14-11-15(13(2)3)23-26-14)20-9-8-10-21-17(24)25-18(4,5)6/h11,13H,7-10,12H2,1-6H3,(H,21,24)(H2,19,20,22). The number of carbonyl (C=O) groups excluding carboxylic acids is 1. The average Bonchev–Trinajstić information content (AvgIpc) is 2.99. The number of ether oxygens (including phenoxy) is 1. The van der Waals surface area contributed by atoms with Crippen LogP contribution in [0.4, 0.5) is 4.79 Å². The summed E-state index contributed by atoms with van der Waals surface area (Å²) in [6.07, 6.45) is 0.355. The molecular weight excluding hydrogens is 334 g/mol. The first kappa shape index (κ1) is 21.8. The Hall–Kier alpha value is -2.25. The van der Waals surface area contributed by atoms with E-state index in [9.17, 15) is 4.79 Å². The lowest BCUT2D eigenvalue weighted by Crippen LogP contribution is -2.39. The van der Waals surface area contributed by atoms with Crippen LogP contribution in [0.2, 0.25) is 0 Å². The molecule has 0 aromatic carbocycles. The van der Waals surface area contributed by atoms with Gasteiger partial charge in [-0.15, -0.1) is 0 Å². The first-order valence-corrected chi connectivity index (χ1v) is 9.15. The summed E-state index contributed by atoms with van der Waals surface area (Å²) >= 11 is 0. The van der Waals surface area contributed by atoms with E-state index in [2.05, 4.69) is 39.9 Å². The molecule has 8 heteroatoms. The summed E-state index contributed by atoms with van der Waals surface area (Å²) in [7, 11) is 0. The van der Waals surface area contributed by atoms with Gasteiger partial charge in [-0.25, -0.2) is 9.79 Å². The molecule has 1 rings (SSSR count). The van der Waals surface area contributed by atoms with E-state index in [0.29, 0.717) is 31.5 Å². The molecule has 26 heavy (non-hydrogen) atoms. The summed E-state index contributed by atoms with van der Waals surface area (Å²) in [5.74, 6) is 1.77. The zero-order chi connectivity index (χ0) is 19.6. The maximum absolute atomic E-state index is 11.6. The monoisotopic (exact) mass is 367 g/mol. The van der Waals surface area contributed by atoms with Crippen molar-refractivity contribution in [2.45, 2.75) is 66.0 Å². The molecule has 0 fully saturated rings. The second-order valence-corrected chi connectivity index (χ2v) is 7.28. The third-order valence-corrected chi connectivity index (χ3v) is 3.22. The molecule has 0 aliphatic rings. The Balaban J connectivity index is 2.34. The van der Waals surface area contributed by atoms with Gasteiger partial charge in [-0.2, -0.15) is 0 Å². The van der Waals surface area contributed by atoms with E-state index in [1.165, 1.54) is 0 Å². The lowest BCUT2D eigenvalue weighted by molar-refractivity contribution is 0.0527. The maximum atomic E-state index is 11.6. The molecule has 1 amide bonds. The Kier molecular flexibility index (Phi) is 8.95. The number of aromatic nitrogens is 1. The molecule has 3 N–H and O–H groups in total. The van der Waals surface area contributed by atoms with Crippen molar-refractivity contribution in [3.8, 4) is 0 Å².